The zero-order chi connectivity index (χ0) is 12.3. The Morgan fingerprint density at radius 1 is 1.25 bits per heavy atom. The van der Waals surface area contributed by atoms with E-state index < -0.39 is 23.9 Å². The first-order valence-corrected chi connectivity index (χ1v) is 4.82. The van der Waals surface area contributed by atoms with Crippen LogP contribution in [0.2, 0.25) is 0 Å². The van der Waals surface area contributed by atoms with E-state index in [1.807, 2.05) is 0 Å². The molecular weight excluding hydrogens is 221 g/mol. The third-order valence-electron chi connectivity index (χ3n) is 2.16. The molecule has 0 fully saturated rings. The zero-order valence-electron chi connectivity index (χ0n) is 8.95. The van der Waals surface area contributed by atoms with Crippen LogP contribution in [0.3, 0.4) is 0 Å². The second-order valence-corrected chi connectivity index (χ2v) is 3.59. The molecule has 5 heteroatoms. The van der Waals surface area contributed by atoms with Crippen LogP contribution in [0.5, 0.6) is 5.75 Å². The second kappa shape index (κ2) is 4.74. The minimum Gasteiger partial charge on any atom is -0.488 e. The van der Waals surface area contributed by atoms with Crippen LogP contribution in [0, 0.1) is 0 Å². The Hall–Kier alpha value is -1.23. The Bertz CT molecular complexity index is 347. The van der Waals surface area contributed by atoms with Crippen LogP contribution in [0.15, 0.2) is 24.3 Å². The van der Waals surface area contributed by atoms with Crippen LogP contribution >= 0.6 is 0 Å². The Morgan fingerprint density at radius 3 is 2.38 bits per heavy atom. The molecule has 0 saturated carbocycles. The van der Waals surface area contributed by atoms with Crippen LogP contribution in [-0.2, 0) is 6.18 Å². The van der Waals surface area contributed by atoms with Crippen molar-refractivity contribution in [3.8, 4) is 5.75 Å². The molecule has 0 saturated heterocycles. The zero-order valence-corrected chi connectivity index (χ0v) is 8.95. The molecule has 0 spiro atoms. The molecule has 0 aliphatic carbocycles. The van der Waals surface area contributed by atoms with Crippen molar-refractivity contribution in [2.24, 2.45) is 0 Å². The van der Waals surface area contributed by atoms with Gasteiger partial charge in [0.2, 0.25) is 0 Å². The quantitative estimate of drug-likeness (QED) is 0.871. The van der Waals surface area contributed by atoms with Crippen molar-refractivity contribution in [2.45, 2.75) is 32.2 Å². The summed E-state index contributed by atoms with van der Waals surface area (Å²) < 4.78 is 42.2. The normalized spacial score (nSPS) is 15.6. The number of hydrogen-bond acceptors (Lipinski definition) is 2. The van der Waals surface area contributed by atoms with Gasteiger partial charge in [-0.15, -0.1) is 0 Å². The van der Waals surface area contributed by atoms with Gasteiger partial charge in [-0.05, 0) is 32.0 Å². The highest BCUT2D eigenvalue weighted by atomic mass is 19.4. The lowest BCUT2D eigenvalue weighted by Gasteiger charge is -2.18. The average molecular weight is 234 g/mol. The van der Waals surface area contributed by atoms with Crippen molar-refractivity contribution in [3.63, 3.8) is 0 Å². The molecule has 16 heavy (non-hydrogen) atoms. The Kier molecular flexibility index (Phi) is 3.80. The summed E-state index contributed by atoms with van der Waals surface area (Å²) in [5.41, 5.74) is -0.761. The number of benzene rings is 1. The predicted octanol–water partition coefficient (Wildman–Crippen LogP) is 2.85. The summed E-state index contributed by atoms with van der Waals surface area (Å²) in [5.74, 6) is 0.100. The van der Waals surface area contributed by atoms with Crippen LogP contribution in [0.1, 0.15) is 19.4 Å². The molecule has 0 bridgehead atoms. The maximum absolute atomic E-state index is 12.4. The van der Waals surface area contributed by atoms with E-state index in [0.717, 1.165) is 12.1 Å². The van der Waals surface area contributed by atoms with Crippen molar-refractivity contribution in [2.75, 3.05) is 0 Å². The molecule has 0 radical (unpaired) electrons. The lowest BCUT2D eigenvalue weighted by Crippen LogP contribution is -2.25. The summed E-state index contributed by atoms with van der Waals surface area (Å²) in [6.45, 7) is 3.10. The molecule has 0 aromatic heterocycles. The first kappa shape index (κ1) is 12.8. The molecule has 1 aromatic rings. The van der Waals surface area contributed by atoms with Gasteiger partial charge in [0.05, 0.1) is 11.7 Å². The van der Waals surface area contributed by atoms with Crippen LogP contribution in [0.4, 0.5) is 13.2 Å². The summed E-state index contributed by atoms with van der Waals surface area (Å²) in [5, 5.41) is 9.16. The Morgan fingerprint density at radius 2 is 1.88 bits per heavy atom. The minimum absolute atomic E-state index is 0.100. The summed E-state index contributed by atoms with van der Waals surface area (Å²) >= 11 is 0. The highest BCUT2D eigenvalue weighted by Gasteiger charge is 2.30. The number of halogens is 3. The standard InChI is InChI=1S/C11H13F3O2/c1-7(15)8(2)16-10-5-3-4-9(6-10)11(12,13)14/h3-8,15H,1-2H3. The summed E-state index contributed by atoms with van der Waals surface area (Å²) in [4.78, 5) is 0. The van der Waals surface area contributed by atoms with Gasteiger partial charge in [-0.3, -0.25) is 0 Å². The van der Waals surface area contributed by atoms with E-state index in [2.05, 4.69) is 0 Å². The molecule has 0 heterocycles. The average Bonchev–Trinajstić information content (AvgIpc) is 2.16. The summed E-state index contributed by atoms with van der Waals surface area (Å²) in [7, 11) is 0. The molecule has 2 unspecified atom stereocenters. The maximum atomic E-state index is 12.4. The SMILES string of the molecule is CC(O)C(C)Oc1cccc(C(F)(F)F)c1. The number of hydrogen-bond donors (Lipinski definition) is 1. The van der Waals surface area contributed by atoms with Gasteiger partial charge in [-0.2, -0.15) is 13.2 Å². The molecule has 0 aliphatic heterocycles. The number of rotatable bonds is 3. The lowest BCUT2D eigenvalue weighted by molar-refractivity contribution is -0.137. The number of aliphatic hydroxyl groups excluding tert-OH is 1. The fraction of sp³-hybridized carbons (Fsp3) is 0.455. The first-order valence-electron chi connectivity index (χ1n) is 4.82. The minimum atomic E-state index is -4.38. The van der Waals surface area contributed by atoms with E-state index in [9.17, 15) is 13.2 Å². The lowest BCUT2D eigenvalue weighted by atomic mass is 10.2. The fourth-order valence-electron chi connectivity index (χ4n) is 1.06. The van der Waals surface area contributed by atoms with Crippen molar-refractivity contribution in [1.82, 2.24) is 0 Å². The third kappa shape index (κ3) is 3.41. The van der Waals surface area contributed by atoms with E-state index in [-0.39, 0.29) is 5.75 Å². The van der Waals surface area contributed by atoms with Crippen molar-refractivity contribution >= 4 is 0 Å². The molecule has 2 nitrogen and oxygen atoms in total. The van der Waals surface area contributed by atoms with Gasteiger partial charge >= 0.3 is 6.18 Å². The number of alkyl halides is 3. The Labute approximate surface area is 91.7 Å². The highest BCUT2D eigenvalue weighted by molar-refractivity contribution is 5.30. The van der Waals surface area contributed by atoms with Gasteiger partial charge in [0.15, 0.2) is 0 Å². The van der Waals surface area contributed by atoms with Crippen LogP contribution in [0.25, 0.3) is 0 Å². The van der Waals surface area contributed by atoms with Crippen molar-refractivity contribution in [1.29, 1.82) is 0 Å². The smallest absolute Gasteiger partial charge is 0.416 e. The second-order valence-electron chi connectivity index (χ2n) is 3.59. The fourth-order valence-corrected chi connectivity index (χ4v) is 1.06. The van der Waals surface area contributed by atoms with Gasteiger partial charge < -0.3 is 9.84 Å². The number of aliphatic hydroxyl groups is 1. The van der Waals surface area contributed by atoms with Crippen LogP contribution < -0.4 is 4.74 Å². The van der Waals surface area contributed by atoms with E-state index in [4.69, 9.17) is 9.84 Å². The third-order valence-corrected chi connectivity index (χ3v) is 2.16. The summed E-state index contributed by atoms with van der Waals surface area (Å²) in [6.07, 6.45) is -5.68. The largest absolute Gasteiger partial charge is 0.488 e. The van der Waals surface area contributed by atoms with Gasteiger partial charge in [-0.1, -0.05) is 6.07 Å². The van der Waals surface area contributed by atoms with Crippen LogP contribution in [-0.4, -0.2) is 17.3 Å². The van der Waals surface area contributed by atoms with Gasteiger partial charge in [0.25, 0.3) is 0 Å². The van der Waals surface area contributed by atoms with Gasteiger partial charge in [-0.25, -0.2) is 0 Å². The summed E-state index contributed by atoms with van der Waals surface area (Å²) in [6, 6.07) is 4.58. The van der Waals surface area contributed by atoms with E-state index in [1.54, 1.807) is 6.92 Å². The maximum Gasteiger partial charge on any atom is 0.416 e. The molecule has 0 amide bonds. The van der Waals surface area contributed by atoms with E-state index in [0.29, 0.717) is 0 Å². The van der Waals surface area contributed by atoms with Gasteiger partial charge in [0, 0.05) is 0 Å². The molecule has 1 aromatic carbocycles. The molecule has 1 N–H and O–H groups in total. The molecule has 0 aliphatic rings. The van der Waals surface area contributed by atoms with E-state index in [1.165, 1.54) is 19.1 Å². The monoisotopic (exact) mass is 234 g/mol. The molecule has 90 valence electrons. The van der Waals surface area contributed by atoms with Crippen molar-refractivity contribution in [3.05, 3.63) is 29.8 Å². The highest BCUT2D eigenvalue weighted by Crippen LogP contribution is 2.31. The van der Waals surface area contributed by atoms with Crippen molar-refractivity contribution < 1.29 is 23.0 Å². The molecule has 2 atom stereocenters. The number of ether oxygens (including phenoxy) is 1. The topological polar surface area (TPSA) is 29.5 Å². The predicted molar refractivity (Wildman–Crippen MR) is 53.2 cm³/mol. The Balaban J connectivity index is 2.83. The van der Waals surface area contributed by atoms with E-state index >= 15 is 0 Å². The van der Waals surface area contributed by atoms with Gasteiger partial charge in [0.1, 0.15) is 11.9 Å². The molecule has 1 rings (SSSR count). The molecular formula is C11H13F3O2. The first-order chi connectivity index (χ1) is 7.30.